The predicted octanol–water partition coefficient (Wildman–Crippen LogP) is 3.01. The Labute approximate surface area is 162 Å². The summed E-state index contributed by atoms with van der Waals surface area (Å²) < 4.78 is 0. The Morgan fingerprint density at radius 3 is 2.96 bits per heavy atom. The second kappa shape index (κ2) is 9.27. The number of hydrogen-bond acceptors (Lipinski definition) is 4. The second-order valence-electron chi connectivity index (χ2n) is 7.75. The van der Waals surface area contributed by atoms with Crippen LogP contribution in [0.25, 0.3) is 0 Å². The molecule has 2 heterocycles. The first-order valence-electron chi connectivity index (χ1n) is 10.1. The van der Waals surface area contributed by atoms with E-state index in [-0.39, 0.29) is 29.6 Å². The van der Waals surface area contributed by atoms with Gasteiger partial charge in [-0.25, -0.2) is 4.99 Å². The van der Waals surface area contributed by atoms with Crippen LogP contribution >= 0.6 is 0 Å². The fraction of sp³-hybridized carbons (Fsp3) is 0.545. The van der Waals surface area contributed by atoms with Crippen LogP contribution in [0.2, 0.25) is 0 Å². The number of amides is 1. The van der Waals surface area contributed by atoms with Gasteiger partial charge in [0.05, 0.1) is 11.4 Å². The average molecular weight is 369 g/mol. The van der Waals surface area contributed by atoms with Crippen molar-refractivity contribution in [3.05, 3.63) is 36.8 Å². The molecule has 0 spiro atoms. The number of fused-ring (bicyclic) bond motifs is 1. The normalized spacial score (nSPS) is 22.2. The third-order valence-corrected chi connectivity index (χ3v) is 5.73. The molecule has 3 rings (SSSR count). The molecule has 1 saturated heterocycles. The zero-order valence-electron chi connectivity index (χ0n) is 16.2. The molecule has 2 aliphatic heterocycles. The number of para-hydroxylation sites is 1. The molecule has 0 bridgehead atoms. The number of benzene rings is 1. The largest absolute Gasteiger partial charge is 0.353 e. The quantitative estimate of drug-likeness (QED) is 0.811. The van der Waals surface area contributed by atoms with Gasteiger partial charge in [0.2, 0.25) is 5.91 Å². The molecule has 0 saturated carbocycles. The van der Waals surface area contributed by atoms with Crippen molar-refractivity contribution in [1.82, 2.24) is 10.6 Å². The molecule has 1 radical (unpaired) electrons. The van der Waals surface area contributed by atoms with Crippen molar-refractivity contribution in [2.45, 2.75) is 51.5 Å². The zero-order valence-corrected chi connectivity index (χ0v) is 16.2. The molecule has 3 unspecified atom stereocenters. The predicted molar refractivity (Wildman–Crippen MR) is 108 cm³/mol. The Kier molecular flexibility index (Phi) is 6.78. The Hall–Kier alpha value is -2.01. The first kappa shape index (κ1) is 19.7. The van der Waals surface area contributed by atoms with Crippen LogP contribution in [0.1, 0.15) is 44.6 Å². The van der Waals surface area contributed by atoms with Gasteiger partial charge in [0.25, 0.3) is 0 Å². The number of carbonyl (C=O) groups is 2. The van der Waals surface area contributed by atoms with E-state index < -0.39 is 0 Å². The van der Waals surface area contributed by atoms with Crippen LogP contribution in [-0.2, 0) is 16.0 Å². The van der Waals surface area contributed by atoms with E-state index in [1.54, 1.807) is 0 Å². The molecule has 27 heavy (non-hydrogen) atoms. The number of ketones is 1. The average Bonchev–Trinajstić information content (AvgIpc) is 2.94. The Bertz CT molecular complexity index is 705. The van der Waals surface area contributed by atoms with E-state index in [1.807, 2.05) is 31.2 Å². The molecular formula is C22H30N3O2. The third kappa shape index (κ3) is 5.04. The maximum absolute atomic E-state index is 13.0. The van der Waals surface area contributed by atoms with E-state index in [1.165, 1.54) is 0 Å². The fourth-order valence-corrected chi connectivity index (χ4v) is 3.85. The molecule has 2 N–H and O–H groups in total. The summed E-state index contributed by atoms with van der Waals surface area (Å²) in [7, 11) is 0. The molecule has 145 valence electrons. The lowest BCUT2D eigenvalue weighted by molar-refractivity contribution is -0.127. The van der Waals surface area contributed by atoms with Crippen molar-refractivity contribution < 1.29 is 9.59 Å². The number of Topliss-reactive ketones (excluding diaryl/α,β-unsaturated/α-hetero) is 1. The van der Waals surface area contributed by atoms with Gasteiger partial charge in [-0.15, -0.1) is 0 Å². The van der Waals surface area contributed by atoms with E-state index in [9.17, 15) is 9.59 Å². The van der Waals surface area contributed by atoms with Crippen molar-refractivity contribution >= 4 is 23.1 Å². The Morgan fingerprint density at radius 2 is 2.15 bits per heavy atom. The van der Waals surface area contributed by atoms with Crippen LogP contribution in [0.3, 0.4) is 0 Å². The lowest BCUT2D eigenvalue weighted by Crippen LogP contribution is -2.42. The maximum Gasteiger partial charge on any atom is 0.223 e. The first-order valence-corrected chi connectivity index (χ1v) is 10.1. The highest BCUT2D eigenvalue weighted by atomic mass is 16.2. The Morgan fingerprint density at radius 1 is 1.33 bits per heavy atom. The van der Waals surface area contributed by atoms with Crippen molar-refractivity contribution in [2.24, 2.45) is 16.8 Å². The number of hydrogen-bond donors (Lipinski definition) is 2. The summed E-state index contributed by atoms with van der Waals surface area (Å²) in [6.07, 6.45) is 4.43. The first-order chi connectivity index (χ1) is 13.1. The highest BCUT2D eigenvalue weighted by Crippen LogP contribution is 2.28. The van der Waals surface area contributed by atoms with Gasteiger partial charge in [-0.1, -0.05) is 32.0 Å². The summed E-state index contributed by atoms with van der Waals surface area (Å²) >= 11 is 0. The lowest BCUT2D eigenvalue weighted by atomic mass is 9.84. The smallest absolute Gasteiger partial charge is 0.223 e. The Balaban J connectivity index is 1.74. The highest BCUT2D eigenvalue weighted by molar-refractivity contribution is 6.42. The molecule has 1 aromatic carbocycles. The van der Waals surface area contributed by atoms with E-state index in [2.05, 4.69) is 22.5 Å². The number of nitrogens with one attached hydrogen (secondary N) is 2. The summed E-state index contributed by atoms with van der Waals surface area (Å²) in [6.45, 7) is 7.96. The van der Waals surface area contributed by atoms with E-state index in [4.69, 9.17) is 0 Å². The van der Waals surface area contributed by atoms with Gasteiger partial charge < -0.3 is 10.6 Å². The van der Waals surface area contributed by atoms with Gasteiger partial charge in [-0.05, 0) is 56.3 Å². The highest BCUT2D eigenvalue weighted by Gasteiger charge is 2.31. The van der Waals surface area contributed by atoms with Crippen molar-refractivity contribution in [3.8, 4) is 0 Å². The van der Waals surface area contributed by atoms with Gasteiger partial charge in [-0.2, -0.15) is 0 Å². The monoisotopic (exact) mass is 368 g/mol. The van der Waals surface area contributed by atoms with Crippen LogP contribution in [0.5, 0.6) is 0 Å². The van der Waals surface area contributed by atoms with Gasteiger partial charge in [0.1, 0.15) is 0 Å². The summed E-state index contributed by atoms with van der Waals surface area (Å²) in [5, 5.41) is 6.59. The fourth-order valence-electron chi connectivity index (χ4n) is 3.85. The minimum Gasteiger partial charge on any atom is -0.353 e. The summed E-state index contributed by atoms with van der Waals surface area (Å²) in [5.41, 5.74) is 2.34. The second-order valence-corrected chi connectivity index (χ2v) is 7.75. The summed E-state index contributed by atoms with van der Waals surface area (Å²) in [4.78, 5) is 30.2. The molecule has 0 aliphatic carbocycles. The van der Waals surface area contributed by atoms with Crippen LogP contribution in [0.4, 0.5) is 5.69 Å². The van der Waals surface area contributed by atoms with Crippen molar-refractivity contribution in [3.63, 3.8) is 0 Å². The number of rotatable bonds is 6. The maximum atomic E-state index is 13.0. The van der Waals surface area contributed by atoms with Crippen LogP contribution in [-0.4, -0.2) is 36.5 Å². The van der Waals surface area contributed by atoms with Crippen molar-refractivity contribution in [2.75, 3.05) is 13.1 Å². The molecule has 5 heteroatoms. The standard InChI is InChI=1S/C22H30N3O2/c1-3-15(2)18(22(27)24-17-8-6-11-23-12-10-17)14-20-21(26)13-16-7-4-5-9-19(16)25-20/h4-5,7,9,15,17-18,23H,1,3,6,8,10-14H2,2H3,(H,24,27). The molecule has 1 aromatic rings. The lowest BCUT2D eigenvalue weighted by Gasteiger charge is -2.26. The SMILES string of the molecule is [CH2]CC(C)C(CC1=Nc2ccccc2CC1=O)C(=O)NC1CCCNCC1. The third-order valence-electron chi connectivity index (χ3n) is 5.73. The molecule has 1 amide bonds. The summed E-state index contributed by atoms with van der Waals surface area (Å²) in [6, 6.07) is 7.93. The van der Waals surface area contributed by atoms with Crippen LogP contribution in [0.15, 0.2) is 29.3 Å². The van der Waals surface area contributed by atoms with Gasteiger partial charge in [0.15, 0.2) is 5.78 Å². The van der Waals surface area contributed by atoms with E-state index >= 15 is 0 Å². The van der Waals surface area contributed by atoms with E-state index in [0.717, 1.165) is 43.6 Å². The number of carbonyl (C=O) groups excluding carboxylic acids is 2. The zero-order chi connectivity index (χ0) is 19.2. The van der Waals surface area contributed by atoms with Crippen molar-refractivity contribution in [1.29, 1.82) is 0 Å². The minimum atomic E-state index is -0.272. The van der Waals surface area contributed by atoms with Gasteiger partial charge in [0, 0.05) is 24.8 Å². The number of aliphatic imine (C=N–C) groups is 1. The molecular weight excluding hydrogens is 338 g/mol. The number of nitrogens with zero attached hydrogens (tertiary/aromatic N) is 1. The molecule has 3 atom stereocenters. The molecule has 1 fully saturated rings. The van der Waals surface area contributed by atoms with Gasteiger partial charge >= 0.3 is 0 Å². The molecule has 5 nitrogen and oxygen atoms in total. The van der Waals surface area contributed by atoms with Crippen LogP contribution in [0, 0.1) is 18.8 Å². The van der Waals surface area contributed by atoms with E-state index in [0.29, 0.717) is 25.0 Å². The molecule has 2 aliphatic rings. The van der Waals surface area contributed by atoms with Gasteiger partial charge in [-0.3, -0.25) is 9.59 Å². The molecule has 0 aromatic heterocycles. The minimum absolute atomic E-state index is 0.0291. The topological polar surface area (TPSA) is 70.6 Å². The van der Waals surface area contributed by atoms with Crippen LogP contribution < -0.4 is 10.6 Å². The summed E-state index contributed by atoms with van der Waals surface area (Å²) in [5.74, 6) is -0.109.